The van der Waals surface area contributed by atoms with Crippen LogP contribution < -0.4 is 19.6 Å². The number of aromatic nitrogens is 2. The Bertz CT molecular complexity index is 1250. The zero-order chi connectivity index (χ0) is 18.4. The average molecular weight is 366 g/mol. The van der Waals surface area contributed by atoms with E-state index in [1.165, 1.54) is 16.9 Å². The SMILES string of the molecule is COc1cccc(C=c2sc3nc4cc(C)c(C)cc4n3c2=O)c1OC. The molecule has 6 heteroatoms. The van der Waals surface area contributed by atoms with E-state index < -0.39 is 0 Å². The molecule has 2 aromatic heterocycles. The van der Waals surface area contributed by atoms with Crippen molar-refractivity contribution in [3.8, 4) is 11.5 Å². The number of benzene rings is 2. The number of hydrogen-bond donors (Lipinski definition) is 0. The number of para-hydroxylation sites is 1. The van der Waals surface area contributed by atoms with Crippen LogP contribution in [0.1, 0.15) is 16.7 Å². The first-order valence-electron chi connectivity index (χ1n) is 8.18. The van der Waals surface area contributed by atoms with E-state index in [4.69, 9.17) is 9.47 Å². The van der Waals surface area contributed by atoms with E-state index in [1.54, 1.807) is 18.6 Å². The van der Waals surface area contributed by atoms with Gasteiger partial charge in [-0.2, -0.15) is 0 Å². The Morgan fingerprint density at radius 3 is 2.62 bits per heavy atom. The molecule has 0 atom stereocenters. The lowest BCUT2D eigenvalue weighted by molar-refractivity contribution is 0.354. The van der Waals surface area contributed by atoms with Gasteiger partial charge in [-0.05, 0) is 49.2 Å². The Morgan fingerprint density at radius 1 is 1.12 bits per heavy atom. The largest absolute Gasteiger partial charge is 0.493 e. The molecule has 4 rings (SSSR count). The van der Waals surface area contributed by atoms with Gasteiger partial charge in [0.2, 0.25) is 0 Å². The monoisotopic (exact) mass is 366 g/mol. The maximum atomic E-state index is 13.0. The Balaban J connectivity index is 1.99. The highest BCUT2D eigenvalue weighted by Crippen LogP contribution is 2.31. The van der Waals surface area contributed by atoms with Gasteiger partial charge in [-0.25, -0.2) is 9.38 Å². The van der Waals surface area contributed by atoms with Crippen LogP contribution in [-0.2, 0) is 0 Å². The minimum absolute atomic E-state index is 0.0689. The summed E-state index contributed by atoms with van der Waals surface area (Å²) in [6, 6.07) is 9.65. The molecule has 0 amide bonds. The van der Waals surface area contributed by atoms with Gasteiger partial charge >= 0.3 is 0 Å². The maximum Gasteiger partial charge on any atom is 0.274 e. The molecule has 26 heavy (non-hydrogen) atoms. The number of ether oxygens (including phenoxy) is 2. The predicted molar refractivity (Wildman–Crippen MR) is 105 cm³/mol. The van der Waals surface area contributed by atoms with Crippen LogP contribution in [0.15, 0.2) is 35.1 Å². The number of nitrogens with zero attached hydrogens (tertiary/aromatic N) is 2. The van der Waals surface area contributed by atoms with Crippen LogP contribution in [0.4, 0.5) is 0 Å². The van der Waals surface area contributed by atoms with Gasteiger partial charge in [-0.1, -0.05) is 23.5 Å². The first-order chi connectivity index (χ1) is 12.5. The molecule has 0 saturated carbocycles. The van der Waals surface area contributed by atoms with Crippen LogP contribution in [-0.4, -0.2) is 23.6 Å². The van der Waals surface area contributed by atoms with Gasteiger partial charge in [0.1, 0.15) is 0 Å². The van der Waals surface area contributed by atoms with E-state index in [0.29, 0.717) is 21.0 Å². The van der Waals surface area contributed by atoms with Crippen molar-refractivity contribution < 1.29 is 9.47 Å². The van der Waals surface area contributed by atoms with Gasteiger partial charge in [-0.15, -0.1) is 0 Å². The highest BCUT2D eigenvalue weighted by molar-refractivity contribution is 7.15. The third-order valence-corrected chi connectivity index (χ3v) is 5.54. The molecule has 5 nitrogen and oxygen atoms in total. The Morgan fingerprint density at radius 2 is 1.88 bits per heavy atom. The summed E-state index contributed by atoms with van der Waals surface area (Å²) in [5.74, 6) is 1.24. The smallest absolute Gasteiger partial charge is 0.274 e. The molecule has 2 aromatic carbocycles. The molecule has 0 aliphatic rings. The van der Waals surface area contributed by atoms with Crippen molar-refractivity contribution in [2.75, 3.05) is 14.2 Å². The molecule has 2 heterocycles. The number of methoxy groups -OCH3 is 2. The third-order valence-electron chi connectivity index (χ3n) is 4.57. The van der Waals surface area contributed by atoms with Crippen LogP contribution in [0.25, 0.3) is 22.1 Å². The van der Waals surface area contributed by atoms with Crippen LogP contribution in [0.2, 0.25) is 0 Å². The summed E-state index contributed by atoms with van der Waals surface area (Å²) in [5.41, 5.74) is 4.74. The first kappa shape index (κ1) is 16.6. The lowest BCUT2D eigenvalue weighted by atomic mass is 10.1. The van der Waals surface area contributed by atoms with E-state index >= 15 is 0 Å². The average Bonchev–Trinajstić information content (AvgIpc) is 3.11. The number of rotatable bonds is 3. The Labute approximate surface area is 154 Å². The fraction of sp³-hybridized carbons (Fsp3) is 0.200. The fourth-order valence-electron chi connectivity index (χ4n) is 3.09. The Kier molecular flexibility index (Phi) is 3.92. The number of imidazole rings is 1. The summed E-state index contributed by atoms with van der Waals surface area (Å²) in [6.45, 7) is 4.09. The molecule has 0 fully saturated rings. The minimum Gasteiger partial charge on any atom is -0.493 e. The summed E-state index contributed by atoms with van der Waals surface area (Å²) in [4.78, 5) is 18.3. The fourth-order valence-corrected chi connectivity index (χ4v) is 4.06. The quantitative estimate of drug-likeness (QED) is 0.559. The van der Waals surface area contributed by atoms with Crippen LogP contribution >= 0.6 is 11.3 Å². The molecule has 0 saturated heterocycles. The molecular weight excluding hydrogens is 348 g/mol. The summed E-state index contributed by atoms with van der Waals surface area (Å²) in [7, 11) is 3.18. The van der Waals surface area contributed by atoms with Crippen molar-refractivity contribution in [2.45, 2.75) is 13.8 Å². The molecule has 0 aliphatic carbocycles. The van der Waals surface area contributed by atoms with Gasteiger partial charge in [0.25, 0.3) is 5.56 Å². The number of thiazole rings is 1. The highest BCUT2D eigenvalue weighted by atomic mass is 32.1. The van der Waals surface area contributed by atoms with Crippen molar-refractivity contribution in [3.63, 3.8) is 0 Å². The first-order valence-corrected chi connectivity index (χ1v) is 9.00. The molecular formula is C20H18N2O3S. The summed E-state index contributed by atoms with van der Waals surface area (Å²) in [6.07, 6.45) is 1.83. The third kappa shape index (κ3) is 2.45. The van der Waals surface area contributed by atoms with Crippen LogP contribution in [0.3, 0.4) is 0 Å². The van der Waals surface area contributed by atoms with Crippen LogP contribution in [0, 0.1) is 13.8 Å². The topological polar surface area (TPSA) is 52.8 Å². The standard InChI is InChI=1S/C20H18N2O3S/c1-11-8-14-15(9-12(11)2)22-19(23)17(26-20(22)21-14)10-13-6-5-7-16(24-3)18(13)25-4/h5-10H,1-4H3. The van der Waals surface area contributed by atoms with Crippen LogP contribution in [0.5, 0.6) is 11.5 Å². The molecule has 132 valence electrons. The molecule has 0 aliphatic heterocycles. The van der Waals surface area contributed by atoms with Gasteiger partial charge in [0, 0.05) is 5.56 Å². The van der Waals surface area contributed by atoms with E-state index in [1.807, 2.05) is 43.3 Å². The molecule has 4 aromatic rings. The van der Waals surface area contributed by atoms with Gasteiger partial charge < -0.3 is 9.47 Å². The molecule has 0 spiro atoms. The van der Waals surface area contributed by atoms with Gasteiger partial charge in [-0.3, -0.25) is 4.79 Å². The lowest BCUT2D eigenvalue weighted by Crippen LogP contribution is -2.22. The van der Waals surface area contributed by atoms with E-state index in [-0.39, 0.29) is 5.56 Å². The second kappa shape index (κ2) is 6.14. The van der Waals surface area contributed by atoms with E-state index in [9.17, 15) is 4.79 Å². The van der Waals surface area contributed by atoms with Crippen molar-refractivity contribution >= 4 is 33.4 Å². The second-order valence-electron chi connectivity index (χ2n) is 6.15. The molecule has 0 radical (unpaired) electrons. The molecule has 0 N–H and O–H groups in total. The number of aryl methyl sites for hydroxylation is 2. The van der Waals surface area contributed by atoms with E-state index in [2.05, 4.69) is 11.9 Å². The summed E-state index contributed by atoms with van der Waals surface area (Å²) < 4.78 is 13.1. The zero-order valence-corrected chi connectivity index (χ0v) is 15.8. The molecule has 0 bridgehead atoms. The summed E-state index contributed by atoms with van der Waals surface area (Å²) >= 11 is 1.38. The number of hydrogen-bond acceptors (Lipinski definition) is 5. The predicted octanol–water partition coefficient (Wildman–Crippen LogP) is 3.09. The summed E-state index contributed by atoms with van der Waals surface area (Å²) in [5, 5.41) is 0. The zero-order valence-electron chi connectivity index (χ0n) is 15.0. The molecule has 0 unspecified atom stereocenters. The van der Waals surface area contributed by atoms with Gasteiger partial charge in [0.15, 0.2) is 16.5 Å². The Hall–Kier alpha value is -2.86. The van der Waals surface area contributed by atoms with Gasteiger partial charge in [0.05, 0.1) is 29.8 Å². The van der Waals surface area contributed by atoms with Crippen molar-refractivity contribution in [1.29, 1.82) is 0 Å². The van der Waals surface area contributed by atoms with Crippen molar-refractivity contribution in [1.82, 2.24) is 9.38 Å². The lowest BCUT2D eigenvalue weighted by Gasteiger charge is -2.09. The highest BCUT2D eigenvalue weighted by Gasteiger charge is 2.13. The second-order valence-corrected chi connectivity index (χ2v) is 7.16. The minimum atomic E-state index is -0.0689. The van der Waals surface area contributed by atoms with E-state index in [0.717, 1.165) is 22.2 Å². The van der Waals surface area contributed by atoms with Crippen molar-refractivity contribution in [3.05, 3.63) is 61.9 Å². The normalized spacial score (nSPS) is 12.2. The maximum absolute atomic E-state index is 13.0. The number of fused-ring (bicyclic) bond motifs is 3. The van der Waals surface area contributed by atoms with Crippen molar-refractivity contribution in [2.24, 2.45) is 0 Å².